The molecule has 0 radical (unpaired) electrons. The van der Waals surface area contributed by atoms with E-state index in [0.717, 1.165) is 25.7 Å². The summed E-state index contributed by atoms with van der Waals surface area (Å²) in [4.78, 5) is 15.2. The van der Waals surface area contributed by atoms with Crippen molar-refractivity contribution in [3.05, 3.63) is 0 Å². The van der Waals surface area contributed by atoms with Crippen LogP contribution in [-0.2, 0) is 4.79 Å². The van der Waals surface area contributed by atoms with Crippen molar-refractivity contribution in [2.45, 2.75) is 32.6 Å². The molecule has 1 atom stereocenters. The van der Waals surface area contributed by atoms with Gasteiger partial charge in [0, 0.05) is 19.5 Å². The molecule has 0 aliphatic heterocycles. The summed E-state index contributed by atoms with van der Waals surface area (Å²) < 4.78 is 0. The Morgan fingerprint density at radius 3 is 2.53 bits per heavy atom. The van der Waals surface area contributed by atoms with Crippen LogP contribution >= 0.6 is 0 Å². The fraction of sp³-hybridized carbons (Fsp3) is 0.800. The molecule has 0 unspecified atom stereocenters. The maximum atomic E-state index is 11.3. The molecule has 0 aromatic carbocycles. The van der Waals surface area contributed by atoms with Crippen LogP contribution in [0.25, 0.3) is 0 Å². The molecule has 88 valence electrons. The summed E-state index contributed by atoms with van der Waals surface area (Å²) in [5, 5.41) is 2.67. The van der Waals surface area contributed by atoms with Gasteiger partial charge in [-0.3, -0.25) is 9.79 Å². The summed E-state index contributed by atoms with van der Waals surface area (Å²) >= 11 is 0. The largest absolute Gasteiger partial charge is 0.370 e. The Labute approximate surface area is 91.3 Å². The van der Waals surface area contributed by atoms with Crippen LogP contribution in [0.4, 0.5) is 0 Å². The second-order valence-electron chi connectivity index (χ2n) is 3.52. The second-order valence-corrected chi connectivity index (χ2v) is 3.52. The maximum absolute atomic E-state index is 11.3. The Balaban J connectivity index is 3.64. The lowest BCUT2D eigenvalue weighted by Gasteiger charge is -2.12. The first-order valence-corrected chi connectivity index (χ1v) is 5.38. The smallest absolute Gasteiger partial charge is 0.222 e. The number of hydrogen-bond acceptors (Lipinski definition) is 2. The molecular weight excluding hydrogens is 192 g/mol. The zero-order valence-corrected chi connectivity index (χ0v) is 9.62. The Morgan fingerprint density at radius 1 is 1.40 bits per heavy atom. The average Bonchev–Trinajstić information content (AvgIpc) is 2.22. The summed E-state index contributed by atoms with van der Waals surface area (Å²) in [5.41, 5.74) is 10.4. The molecular formula is C10H22N4O. The van der Waals surface area contributed by atoms with E-state index < -0.39 is 0 Å². The standard InChI is InChI=1S/C10H22N4O/c1-3-8(9(15)13-2)6-4-5-7-14-10(11)12/h8H,3-7H2,1-2H3,(H,13,15)(H4,11,12,14)/t8-/m1/s1. The molecule has 1 amide bonds. The zero-order valence-electron chi connectivity index (χ0n) is 9.62. The van der Waals surface area contributed by atoms with E-state index in [-0.39, 0.29) is 17.8 Å². The highest BCUT2D eigenvalue weighted by Crippen LogP contribution is 2.12. The van der Waals surface area contributed by atoms with Crippen molar-refractivity contribution in [3.8, 4) is 0 Å². The number of amides is 1. The SMILES string of the molecule is CC[C@H](CCCCN=C(N)N)C(=O)NC. The number of unbranched alkanes of at least 4 members (excludes halogenated alkanes) is 1. The molecule has 0 rings (SSSR count). The fourth-order valence-corrected chi connectivity index (χ4v) is 1.44. The first kappa shape index (κ1) is 13.7. The monoisotopic (exact) mass is 214 g/mol. The van der Waals surface area contributed by atoms with Crippen LogP contribution in [0.15, 0.2) is 4.99 Å². The lowest BCUT2D eigenvalue weighted by atomic mass is 9.98. The lowest BCUT2D eigenvalue weighted by Crippen LogP contribution is -2.26. The molecule has 0 bridgehead atoms. The van der Waals surface area contributed by atoms with Crippen molar-refractivity contribution in [1.29, 1.82) is 0 Å². The van der Waals surface area contributed by atoms with Gasteiger partial charge in [-0.05, 0) is 19.3 Å². The molecule has 0 fully saturated rings. The number of hydrogen-bond donors (Lipinski definition) is 3. The van der Waals surface area contributed by atoms with Gasteiger partial charge in [-0.1, -0.05) is 13.3 Å². The topological polar surface area (TPSA) is 93.5 Å². The van der Waals surface area contributed by atoms with Crippen LogP contribution in [-0.4, -0.2) is 25.5 Å². The van der Waals surface area contributed by atoms with Crippen LogP contribution < -0.4 is 16.8 Å². The van der Waals surface area contributed by atoms with E-state index in [1.54, 1.807) is 7.05 Å². The summed E-state index contributed by atoms with van der Waals surface area (Å²) in [5.74, 6) is 0.377. The predicted octanol–water partition coefficient (Wildman–Crippen LogP) is 0.202. The number of guanidine groups is 1. The highest BCUT2D eigenvalue weighted by molar-refractivity contribution is 5.78. The first-order chi connectivity index (χ1) is 7.11. The molecule has 0 aromatic rings. The van der Waals surface area contributed by atoms with Gasteiger partial charge in [0.1, 0.15) is 0 Å². The second kappa shape index (κ2) is 8.08. The van der Waals surface area contributed by atoms with Gasteiger partial charge < -0.3 is 16.8 Å². The summed E-state index contributed by atoms with van der Waals surface area (Å²) in [7, 11) is 1.67. The van der Waals surface area contributed by atoms with E-state index in [9.17, 15) is 4.79 Å². The van der Waals surface area contributed by atoms with Gasteiger partial charge >= 0.3 is 0 Å². The normalized spacial score (nSPS) is 11.9. The summed E-state index contributed by atoms with van der Waals surface area (Å²) in [6.07, 6.45) is 3.67. The fourth-order valence-electron chi connectivity index (χ4n) is 1.44. The quantitative estimate of drug-likeness (QED) is 0.321. The van der Waals surface area contributed by atoms with E-state index in [0.29, 0.717) is 6.54 Å². The van der Waals surface area contributed by atoms with Gasteiger partial charge in [0.05, 0.1) is 0 Å². The van der Waals surface area contributed by atoms with Gasteiger partial charge in [-0.2, -0.15) is 0 Å². The van der Waals surface area contributed by atoms with Gasteiger partial charge in [-0.15, -0.1) is 0 Å². The summed E-state index contributed by atoms with van der Waals surface area (Å²) in [6.45, 7) is 2.67. The van der Waals surface area contributed by atoms with Crippen molar-refractivity contribution >= 4 is 11.9 Å². The van der Waals surface area contributed by atoms with Crippen molar-refractivity contribution in [2.75, 3.05) is 13.6 Å². The highest BCUT2D eigenvalue weighted by atomic mass is 16.1. The van der Waals surface area contributed by atoms with Crippen molar-refractivity contribution in [2.24, 2.45) is 22.4 Å². The Morgan fingerprint density at radius 2 is 2.07 bits per heavy atom. The number of rotatable bonds is 7. The Hall–Kier alpha value is -1.26. The third-order valence-corrected chi connectivity index (χ3v) is 2.37. The number of carbonyl (C=O) groups excluding carboxylic acids is 1. The molecule has 0 spiro atoms. The first-order valence-electron chi connectivity index (χ1n) is 5.38. The third kappa shape index (κ3) is 6.76. The van der Waals surface area contributed by atoms with Crippen molar-refractivity contribution in [1.82, 2.24) is 5.32 Å². The molecule has 15 heavy (non-hydrogen) atoms. The molecule has 0 aromatic heterocycles. The predicted molar refractivity (Wildman–Crippen MR) is 62.4 cm³/mol. The third-order valence-electron chi connectivity index (χ3n) is 2.37. The van der Waals surface area contributed by atoms with E-state index in [2.05, 4.69) is 10.3 Å². The van der Waals surface area contributed by atoms with Crippen molar-refractivity contribution < 1.29 is 4.79 Å². The van der Waals surface area contributed by atoms with E-state index in [4.69, 9.17) is 11.5 Å². The maximum Gasteiger partial charge on any atom is 0.222 e. The minimum atomic E-state index is 0.120. The molecule has 0 saturated carbocycles. The lowest BCUT2D eigenvalue weighted by molar-refractivity contribution is -0.124. The van der Waals surface area contributed by atoms with E-state index in [1.807, 2.05) is 6.92 Å². The molecule has 0 saturated heterocycles. The molecule has 5 nitrogen and oxygen atoms in total. The molecule has 5 heteroatoms. The minimum absolute atomic E-state index is 0.120. The number of aliphatic imine (C=N–C) groups is 1. The number of carbonyl (C=O) groups is 1. The van der Waals surface area contributed by atoms with Gasteiger partial charge in [0.15, 0.2) is 5.96 Å². The number of nitrogens with two attached hydrogens (primary N) is 2. The van der Waals surface area contributed by atoms with Gasteiger partial charge in [0.2, 0.25) is 5.91 Å². The minimum Gasteiger partial charge on any atom is -0.370 e. The van der Waals surface area contributed by atoms with Gasteiger partial charge in [-0.25, -0.2) is 0 Å². The number of nitrogens with zero attached hydrogens (tertiary/aromatic N) is 1. The zero-order chi connectivity index (χ0) is 11.7. The van der Waals surface area contributed by atoms with Crippen molar-refractivity contribution in [3.63, 3.8) is 0 Å². The highest BCUT2D eigenvalue weighted by Gasteiger charge is 2.13. The summed E-state index contributed by atoms with van der Waals surface area (Å²) in [6, 6.07) is 0. The van der Waals surface area contributed by atoms with E-state index >= 15 is 0 Å². The van der Waals surface area contributed by atoms with Crippen LogP contribution in [0.1, 0.15) is 32.6 Å². The molecule has 0 aliphatic carbocycles. The Kier molecular flexibility index (Phi) is 7.40. The van der Waals surface area contributed by atoms with Crippen LogP contribution in [0.5, 0.6) is 0 Å². The van der Waals surface area contributed by atoms with E-state index in [1.165, 1.54) is 0 Å². The molecule has 5 N–H and O–H groups in total. The molecule has 0 aliphatic rings. The number of nitrogens with one attached hydrogen (secondary N) is 1. The molecule has 0 heterocycles. The van der Waals surface area contributed by atoms with Crippen LogP contribution in [0.2, 0.25) is 0 Å². The van der Waals surface area contributed by atoms with Crippen LogP contribution in [0, 0.1) is 5.92 Å². The van der Waals surface area contributed by atoms with Gasteiger partial charge in [0.25, 0.3) is 0 Å². The van der Waals surface area contributed by atoms with Crippen LogP contribution in [0.3, 0.4) is 0 Å². The average molecular weight is 214 g/mol. The Bertz CT molecular complexity index is 211.